The smallest absolute Gasteiger partial charge is 0.338 e. The van der Waals surface area contributed by atoms with Crippen LogP contribution in [0.4, 0.5) is 0 Å². The summed E-state index contributed by atoms with van der Waals surface area (Å²) in [7, 11) is 5.32. The van der Waals surface area contributed by atoms with Gasteiger partial charge in [0.1, 0.15) is 0 Å². The SMILES string of the molecule is CCCOC(=O)c1cccc(CCN(C)CCCC(C#N)(c2ccc(OC)c(OC)c2)C(C)C)c1. The van der Waals surface area contributed by atoms with Gasteiger partial charge >= 0.3 is 5.97 Å². The first-order valence-corrected chi connectivity index (χ1v) is 12.4. The van der Waals surface area contributed by atoms with Crippen LogP contribution in [0.2, 0.25) is 0 Å². The van der Waals surface area contributed by atoms with Gasteiger partial charge in [0.05, 0.1) is 37.9 Å². The highest BCUT2D eigenvalue weighted by Gasteiger charge is 2.36. The van der Waals surface area contributed by atoms with Crippen molar-refractivity contribution >= 4 is 5.97 Å². The number of ether oxygens (including phenoxy) is 3. The number of esters is 1. The van der Waals surface area contributed by atoms with E-state index in [-0.39, 0.29) is 11.9 Å². The highest BCUT2D eigenvalue weighted by molar-refractivity contribution is 5.89. The van der Waals surface area contributed by atoms with Crippen molar-refractivity contribution in [1.82, 2.24) is 4.90 Å². The first-order valence-electron chi connectivity index (χ1n) is 12.4. The van der Waals surface area contributed by atoms with Crippen LogP contribution in [0.3, 0.4) is 0 Å². The van der Waals surface area contributed by atoms with Crippen LogP contribution in [0.25, 0.3) is 0 Å². The molecule has 1 atom stereocenters. The Kier molecular flexibility index (Phi) is 11.1. The predicted octanol–water partition coefficient (Wildman–Crippen LogP) is 5.64. The standard InChI is InChI=1S/C29H40N2O4/c1-7-18-35-28(32)24-11-8-10-23(19-24)14-17-31(4)16-9-15-29(21-30,22(2)3)25-12-13-26(33-5)27(20-25)34-6/h8,10-13,19-20,22H,7,9,14-18H2,1-6H3. The Balaban J connectivity index is 1.99. The van der Waals surface area contributed by atoms with Crippen LogP contribution in [0.15, 0.2) is 42.5 Å². The molecule has 0 spiro atoms. The summed E-state index contributed by atoms with van der Waals surface area (Å²) in [5.41, 5.74) is 2.07. The van der Waals surface area contributed by atoms with Gasteiger partial charge in [-0.25, -0.2) is 4.79 Å². The Bertz CT molecular complexity index is 998. The molecule has 0 aliphatic rings. The van der Waals surface area contributed by atoms with Crippen molar-refractivity contribution in [3.63, 3.8) is 0 Å². The summed E-state index contributed by atoms with van der Waals surface area (Å²) in [6, 6.07) is 16.1. The normalized spacial score (nSPS) is 12.8. The molecular weight excluding hydrogens is 440 g/mol. The first kappa shape index (κ1) is 28.2. The number of methoxy groups -OCH3 is 2. The monoisotopic (exact) mass is 480 g/mol. The lowest BCUT2D eigenvalue weighted by Crippen LogP contribution is -2.32. The van der Waals surface area contributed by atoms with Crippen molar-refractivity contribution in [2.24, 2.45) is 5.92 Å². The molecule has 35 heavy (non-hydrogen) atoms. The number of nitriles is 1. The van der Waals surface area contributed by atoms with Crippen molar-refractivity contribution in [2.45, 2.75) is 51.9 Å². The number of likely N-dealkylation sites (N-methyl/N-ethyl adjacent to an activating group) is 1. The third-order valence-corrected chi connectivity index (χ3v) is 6.58. The van der Waals surface area contributed by atoms with Gasteiger partial charge in [0.2, 0.25) is 0 Å². The van der Waals surface area contributed by atoms with Crippen LogP contribution in [-0.4, -0.2) is 51.8 Å². The molecular formula is C29H40N2O4. The maximum Gasteiger partial charge on any atom is 0.338 e. The van der Waals surface area contributed by atoms with Crippen LogP contribution >= 0.6 is 0 Å². The third-order valence-electron chi connectivity index (χ3n) is 6.58. The Morgan fingerprint density at radius 3 is 2.46 bits per heavy atom. The Morgan fingerprint density at radius 2 is 1.83 bits per heavy atom. The lowest BCUT2D eigenvalue weighted by atomic mass is 9.69. The van der Waals surface area contributed by atoms with Crippen LogP contribution < -0.4 is 9.47 Å². The third kappa shape index (κ3) is 7.47. The fraction of sp³-hybridized carbons (Fsp3) is 0.517. The van der Waals surface area contributed by atoms with Gasteiger partial charge in [0.15, 0.2) is 11.5 Å². The molecule has 0 heterocycles. The summed E-state index contributed by atoms with van der Waals surface area (Å²) in [5, 5.41) is 10.3. The fourth-order valence-corrected chi connectivity index (χ4v) is 4.32. The average Bonchev–Trinajstić information content (AvgIpc) is 2.88. The van der Waals surface area contributed by atoms with E-state index in [0.29, 0.717) is 23.7 Å². The van der Waals surface area contributed by atoms with E-state index in [1.807, 2.05) is 43.3 Å². The van der Waals surface area contributed by atoms with Crippen molar-refractivity contribution in [1.29, 1.82) is 5.26 Å². The zero-order chi connectivity index (χ0) is 25.8. The fourth-order valence-electron chi connectivity index (χ4n) is 4.32. The molecule has 0 aliphatic carbocycles. The van der Waals surface area contributed by atoms with Crippen LogP contribution in [0.5, 0.6) is 11.5 Å². The largest absolute Gasteiger partial charge is 0.493 e. The second-order valence-electron chi connectivity index (χ2n) is 9.30. The van der Waals surface area contributed by atoms with Crippen molar-refractivity contribution in [2.75, 3.05) is 41.0 Å². The van der Waals surface area contributed by atoms with E-state index >= 15 is 0 Å². The molecule has 0 saturated carbocycles. The van der Waals surface area contributed by atoms with E-state index in [0.717, 1.165) is 49.9 Å². The van der Waals surface area contributed by atoms with E-state index in [4.69, 9.17) is 14.2 Å². The topological polar surface area (TPSA) is 71.8 Å². The molecule has 0 fully saturated rings. The molecule has 1 unspecified atom stereocenters. The maximum atomic E-state index is 12.1. The lowest BCUT2D eigenvalue weighted by molar-refractivity contribution is 0.0505. The lowest BCUT2D eigenvalue weighted by Gasteiger charge is -2.32. The molecule has 2 aromatic rings. The molecule has 6 heteroatoms. The second kappa shape index (κ2) is 13.7. The minimum atomic E-state index is -0.604. The number of carbonyl (C=O) groups is 1. The Hall–Kier alpha value is -3.04. The molecule has 2 rings (SSSR count). The summed E-state index contributed by atoms with van der Waals surface area (Å²) in [6.07, 6.45) is 3.29. The molecule has 0 amide bonds. The number of hydrogen-bond donors (Lipinski definition) is 0. The van der Waals surface area contributed by atoms with Gasteiger partial charge in [-0.2, -0.15) is 5.26 Å². The summed E-state index contributed by atoms with van der Waals surface area (Å²) in [4.78, 5) is 14.4. The van der Waals surface area contributed by atoms with E-state index in [1.54, 1.807) is 20.3 Å². The highest BCUT2D eigenvalue weighted by atomic mass is 16.5. The van der Waals surface area contributed by atoms with Gasteiger partial charge in [-0.05, 0) is 80.6 Å². The van der Waals surface area contributed by atoms with Gasteiger partial charge in [-0.15, -0.1) is 0 Å². The quantitative estimate of drug-likeness (QED) is 0.326. The highest BCUT2D eigenvalue weighted by Crippen LogP contribution is 2.40. The number of rotatable bonds is 14. The molecule has 6 nitrogen and oxygen atoms in total. The first-order chi connectivity index (χ1) is 16.8. The number of carbonyl (C=O) groups excluding carboxylic acids is 1. The molecule has 0 bridgehead atoms. The van der Waals surface area contributed by atoms with Gasteiger partial charge in [-0.3, -0.25) is 0 Å². The molecule has 190 valence electrons. The summed E-state index contributed by atoms with van der Waals surface area (Å²) in [5.74, 6) is 1.18. The van der Waals surface area contributed by atoms with Crippen LogP contribution in [0.1, 0.15) is 61.5 Å². The second-order valence-corrected chi connectivity index (χ2v) is 9.30. The van der Waals surface area contributed by atoms with E-state index in [9.17, 15) is 10.1 Å². The predicted molar refractivity (Wildman–Crippen MR) is 139 cm³/mol. The molecule has 0 aliphatic heterocycles. The molecule has 0 radical (unpaired) electrons. The van der Waals surface area contributed by atoms with Crippen LogP contribution in [0, 0.1) is 17.2 Å². The zero-order valence-electron chi connectivity index (χ0n) is 22.1. The minimum Gasteiger partial charge on any atom is -0.493 e. The summed E-state index contributed by atoms with van der Waals surface area (Å²) >= 11 is 0. The van der Waals surface area contributed by atoms with Crippen molar-refractivity contribution in [3.8, 4) is 17.6 Å². The van der Waals surface area contributed by atoms with Crippen molar-refractivity contribution < 1.29 is 19.0 Å². The van der Waals surface area contributed by atoms with Crippen LogP contribution in [-0.2, 0) is 16.6 Å². The average molecular weight is 481 g/mol. The van der Waals surface area contributed by atoms with Gasteiger partial charge in [-0.1, -0.05) is 39.0 Å². The number of benzene rings is 2. The van der Waals surface area contributed by atoms with Gasteiger partial charge < -0.3 is 19.1 Å². The Labute approximate surface area is 210 Å². The molecule has 0 saturated heterocycles. The van der Waals surface area contributed by atoms with E-state index in [1.165, 1.54) is 0 Å². The summed E-state index contributed by atoms with van der Waals surface area (Å²) in [6.45, 7) is 8.36. The number of nitrogens with zero attached hydrogens (tertiary/aromatic N) is 2. The molecule has 0 aromatic heterocycles. The molecule has 2 aromatic carbocycles. The molecule has 0 N–H and O–H groups in total. The van der Waals surface area contributed by atoms with Gasteiger partial charge in [0, 0.05) is 6.54 Å². The minimum absolute atomic E-state index is 0.145. The van der Waals surface area contributed by atoms with E-state index < -0.39 is 5.41 Å². The van der Waals surface area contributed by atoms with E-state index in [2.05, 4.69) is 31.9 Å². The summed E-state index contributed by atoms with van der Waals surface area (Å²) < 4.78 is 16.1. The number of hydrogen-bond acceptors (Lipinski definition) is 6. The zero-order valence-corrected chi connectivity index (χ0v) is 22.1. The van der Waals surface area contributed by atoms with Crippen molar-refractivity contribution in [3.05, 3.63) is 59.2 Å². The maximum absolute atomic E-state index is 12.1. The Morgan fingerprint density at radius 1 is 1.09 bits per heavy atom. The van der Waals surface area contributed by atoms with Gasteiger partial charge in [0.25, 0.3) is 0 Å².